The Kier molecular flexibility index (Phi) is 8.84. The van der Waals surface area contributed by atoms with E-state index in [4.69, 9.17) is 23.7 Å². The van der Waals surface area contributed by atoms with Gasteiger partial charge in [0.15, 0.2) is 18.1 Å². The molecule has 2 aromatic carbocycles. The second-order valence-electron chi connectivity index (χ2n) is 10.2. The highest BCUT2D eigenvalue weighted by Gasteiger charge is 2.39. The molecular weight excluding hydrogens is 548 g/mol. The Hall–Kier alpha value is -4.68. The summed E-state index contributed by atoms with van der Waals surface area (Å²) >= 11 is 0. The lowest BCUT2D eigenvalue weighted by atomic mass is 10.1. The number of amides is 4. The van der Waals surface area contributed by atoms with Crippen molar-refractivity contribution in [2.75, 3.05) is 53.6 Å². The van der Waals surface area contributed by atoms with Crippen molar-refractivity contribution in [3.63, 3.8) is 0 Å². The molecule has 13 nitrogen and oxygen atoms in total. The molecule has 2 atom stereocenters. The number of rotatable bonds is 4. The molecule has 6 aliphatic rings. The number of ether oxygens (including phenoxy) is 5. The number of methoxy groups -OCH3 is 2. The molecule has 13 heteroatoms. The highest BCUT2D eigenvalue weighted by atomic mass is 16.6. The minimum atomic E-state index is -0.599. The van der Waals surface area contributed by atoms with Crippen molar-refractivity contribution in [1.29, 1.82) is 0 Å². The van der Waals surface area contributed by atoms with Crippen LogP contribution in [0.4, 0.5) is 4.79 Å². The van der Waals surface area contributed by atoms with Crippen LogP contribution in [0.3, 0.4) is 0 Å². The molecule has 2 saturated heterocycles. The zero-order valence-electron chi connectivity index (χ0n) is 23.6. The quantitative estimate of drug-likeness (QED) is 0.537. The van der Waals surface area contributed by atoms with Gasteiger partial charge in [-0.3, -0.25) is 19.3 Å². The maximum absolute atomic E-state index is 13.1. The Labute approximate surface area is 243 Å². The van der Waals surface area contributed by atoms with Crippen molar-refractivity contribution in [3.8, 4) is 23.0 Å². The first kappa shape index (κ1) is 28.8. The van der Waals surface area contributed by atoms with E-state index in [1.54, 1.807) is 35.2 Å². The third kappa shape index (κ3) is 6.78. The van der Waals surface area contributed by atoms with Crippen molar-refractivity contribution < 1.29 is 42.9 Å². The number of hydrogen-bond donors (Lipinski definition) is 2. The maximum Gasteiger partial charge on any atom is 0.410 e. The number of aryl methyl sites for hydroxylation is 1. The van der Waals surface area contributed by atoms with Crippen LogP contribution in [0, 0.1) is 0 Å². The maximum atomic E-state index is 13.1. The summed E-state index contributed by atoms with van der Waals surface area (Å²) in [6, 6.07) is 10.0. The van der Waals surface area contributed by atoms with E-state index in [2.05, 4.69) is 10.6 Å². The van der Waals surface area contributed by atoms with Gasteiger partial charge in [-0.05, 0) is 36.2 Å². The van der Waals surface area contributed by atoms with Crippen LogP contribution in [0.2, 0.25) is 0 Å². The topological polar surface area (TPSA) is 145 Å². The van der Waals surface area contributed by atoms with Gasteiger partial charge < -0.3 is 39.2 Å². The summed E-state index contributed by atoms with van der Waals surface area (Å²) in [7, 11) is 3.03. The normalized spacial score (nSPS) is 21.0. The predicted octanol–water partition coefficient (Wildman–Crippen LogP) is 0.872. The van der Waals surface area contributed by atoms with Crippen LogP contribution in [0.25, 0.3) is 0 Å². The van der Waals surface area contributed by atoms with Gasteiger partial charge >= 0.3 is 6.09 Å². The summed E-state index contributed by atoms with van der Waals surface area (Å²) in [5, 5.41) is 5.86. The van der Waals surface area contributed by atoms with Crippen molar-refractivity contribution in [2.24, 2.45) is 0 Å². The first-order chi connectivity index (χ1) is 20.3. The second kappa shape index (κ2) is 12.9. The van der Waals surface area contributed by atoms with Crippen LogP contribution in [0.15, 0.2) is 36.4 Å². The SMILES string of the molecule is COc1cc2ccc1CNC(=O)CCc1ccc(c(OC)c1)OCC(=O)N[C@@H]1CN(C(=O)CN3CCOC3=O)C[C@H]1O2. The Morgan fingerprint density at radius 3 is 2.57 bits per heavy atom. The zero-order valence-corrected chi connectivity index (χ0v) is 23.6. The lowest BCUT2D eigenvalue weighted by Gasteiger charge is -2.22. The van der Waals surface area contributed by atoms with Crippen molar-refractivity contribution in [2.45, 2.75) is 31.5 Å². The molecule has 6 heterocycles. The number of hydrogen-bond acceptors (Lipinski definition) is 9. The third-order valence-corrected chi connectivity index (χ3v) is 7.39. The molecule has 4 amide bonds. The van der Waals surface area contributed by atoms with E-state index < -0.39 is 24.1 Å². The molecular formula is C29H34N4O9. The Morgan fingerprint density at radius 1 is 0.976 bits per heavy atom. The number of nitrogens with zero attached hydrogens (tertiary/aromatic N) is 2. The number of carbonyl (C=O) groups excluding carboxylic acids is 4. The molecule has 0 aromatic heterocycles. The second-order valence-corrected chi connectivity index (χ2v) is 10.2. The van der Waals surface area contributed by atoms with Crippen molar-refractivity contribution in [1.82, 2.24) is 20.4 Å². The van der Waals surface area contributed by atoms with Gasteiger partial charge in [-0.2, -0.15) is 0 Å². The molecule has 4 bridgehead atoms. The van der Waals surface area contributed by atoms with Crippen molar-refractivity contribution in [3.05, 3.63) is 47.5 Å². The highest BCUT2D eigenvalue weighted by molar-refractivity contribution is 5.83. The summed E-state index contributed by atoms with van der Waals surface area (Å²) in [6.45, 7) is 0.789. The van der Waals surface area contributed by atoms with E-state index >= 15 is 0 Å². The van der Waals surface area contributed by atoms with E-state index in [1.165, 1.54) is 19.1 Å². The number of benzene rings is 2. The first-order valence-electron chi connectivity index (χ1n) is 13.7. The van der Waals surface area contributed by atoms with Crippen LogP contribution < -0.4 is 29.6 Å². The van der Waals surface area contributed by atoms with E-state index in [0.717, 1.165) is 11.1 Å². The smallest absolute Gasteiger partial charge is 0.410 e. The van der Waals surface area contributed by atoms with Gasteiger partial charge in [0.25, 0.3) is 5.91 Å². The van der Waals surface area contributed by atoms with Gasteiger partial charge in [0.05, 0.1) is 33.4 Å². The summed E-state index contributed by atoms with van der Waals surface area (Å²) in [6.07, 6.45) is -0.367. The number of cyclic esters (lactones) is 1. The molecule has 0 unspecified atom stereocenters. The monoisotopic (exact) mass is 582 g/mol. The molecule has 0 saturated carbocycles. The van der Waals surface area contributed by atoms with Crippen LogP contribution in [0.1, 0.15) is 17.5 Å². The Morgan fingerprint density at radius 2 is 1.81 bits per heavy atom. The fourth-order valence-electron chi connectivity index (χ4n) is 5.11. The molecule has 0 aliphatic carbocycles. The summed E-state index contributed by atoms with van der Waals surface area (Å²) in [5.74, 6) is 1.01. The molecule has 8 rings (SSSR count). The van der Waals surface area contributed by atoms with Gasteiger partial charge in [-0.1, -0.05) is 6.07 Å². The van der Waals surface area contributed by atoms with Crippen LogP contribution in [0.5, 0.6) is 23.0 Å². The van der Waals surface area contributed by atoms with Crippen LogP contribution in [-0.4, -0.2) is 99.4 Å². The van der Waals surface area contributed by atoms with Crippen LogP contribution in [-0.2, 0) is 32.1 Å². The average molecular weight is 583 g/mol. The molecule has 42 heavy (non-hydrogen) atoms. The molecule has 0 radical (unpaired) electrons. The Balaban J connectivity index is 1.38. The van der Waals surface area contributed by atoms with Gasteiger partial charge in [0.1, 0.15) is 30.8 Å². The molecule has 2 N–H and O–H groups in total. The van der Waals surface area contributed by atoms with Gasteiger partial charge in [0.2, 0.25) is 11.8 Å². The molecule has 2 aromatic rings. The van der Waals surface area contributed by atoms with Gasteiger partial charge in [-0.15, -0.1) is 0 Å². The highest BCUT2D eigenvalue weighted by Crippen LogP contribution is 2.30. The standard InChI is InChI=1S/C29H34N4O9/c1-38-23-12-20-6-5-19(23)13-30-26(34)8-4-18-3-7-22(24(11-18)39-2)41-17-27(35)31-21-14-33(15-25(21)42-20)28(36)16-32-9-10-40-29(32)37/h3,5-7,11-12,21,25H,4,8-10,13-17H2,1-2H3,(H,30,34)(H,31,35)/t21-,25-/m1/s1. The minimum Gasteiger partial charge on any atom is -0.496 e. The number of carbonyl (C=O) groups is 4. The van der Waals surface area contributed by atoms with Crippen LogP contribution >= 0.6 is 0 Å². The van der Waals surface area contributed by atoms with E-state index in [0.29, 0.717) is 36.0 Å². The number of likely N-dealkylation sites (tertiary alicyclic amines) is 1. The van der Waals surface area contributed by atoms with Crippen molar-refractivity contribution >= 4 is 23.8 Å². The minimum absolute atomic E-state index is 0.122. The third-order valence-electron chi connectivity index (χ3n) is 7.39. The zero-order chi connectivity index (χ0) is 29.6. The number of nitrogens with one attached hydrogen (secondary N) is 2. The lowest BCUT2D eigenvalue weighted by molar-refractivity contribution is -0.131. The van der Waals surface area contributed by atoms with Gasteiger partial charge in [0, 0.05) is 31.1 Å². The molecule has 6 aliphatic heterocycles. The van der Waals surface area contributed by atoms with E-state index in [9.17, 15) is 19.2 Å². The summed E-state index contributed by atoms with van der Waals surface area (Å²) in [5.41, 5.74) is 1.65. The largest absolute Gasteiger partial charge is 0.496 e. The fourth-order valence-corrected chi connectivity index (χ4v) is 5.11. The molecule has 2 fully saturated rings. The van der Waals surface area contributed by atoms with E-state index in [1.807, 2.05) is 6.07 Å². The fraction of sp³-hybridized carbons (Fsp3) is 0.448. The molecule has 0 spiro atoms. The summed E-state index contributed by atoms with van der Waals surface area (Å²) < 4.78 is 28.0. The molecule has 224 valence electrons. The van der Waals surface area contributed by atoms with Gasteiger partial charge in [-0.25, -0.2) is 4.79 Å². The predicted molar refractivity (Wildman–Crippen MR) is 147 cm³/mol. The average Bonchev–Trinajstić information content (AvgIpc) is 3.58. The lowest BCUT2D eigenvalue weighted by Crippen LogP contribution is -2.47. The first-order valence-corrected chi connectivity index (χ1v) is 13.7. The van der Waals surface area contributed by atoms with E-state index in [-0.39, 0.29) is 57.6 Å². The summed E-state index contributed by atoms with van der Waals surface area (Å²) in [4.78, 5) is 53.4. The Bertz CT molecular complexity index is 1350.